The molecule has 1 fully saturated rings. The van der Waals surface area contributed by atoms with Gasteiger partial charge < -0.3 is 15.4 Å². The van der Waals surface area contributed by atoms with Gasteiger partial charge in [-0.1, -0.05) is 18.2 Å². The molecule has 1 unspecified atom stereocenters. The van der Waals surface area contributed by atoms with Crippen molar-refractivity contribution >= 4 is 27.4 Å². The predicted molar refractivity (Wildman–Crippen MR) is 136 cm³/mol. The summed E-state index contributed by atoms with van der Waals surface area (Å²) in [5, 5.41) is 7.18. The molecule has 1 saturated heterocycles. The summed E-state index contributed by atoms with van der Waals surface area (Å²) in [6, 6.07) is 18.4. The molecule has 0 aliphatic carbocycles. The lowest BCUT2D eigenvalue weighted by atomic mass is 9.80. The van der Waals surface area contributed by atoms with E-state index in [9.17, 15) is 13.2 Å². The second-order valence-corrected chi connectivity index (χ2v) is 11.0. The number of hydrogen-bond acceptors (Lipinski definition) is 6. The standard InChI is InChI=1S/C27H29N3O4S/c1-16-4-9-20(14-17(16)2)30-35(32,33)21-10-11-24-23(15-21)26-22(12-13-28-26)25(29-24)18-5-7-19(8-6-18)27(31)34-3/h4-11,14-15,22,25-26,28-30H,12-13H2,1-3H3/t22-,25?,26-/m0/s1. The van der Waals surface area contributed by atoms with Crippen molar-refractivity contribution in [1.29, 1.82) is 0 Å². The molecule has 3 aromatic carbocycles. The van der Waals surface area contributed by atoms with Crippen molar-refractivity contribution in [2.24, 2.45) is 5.92 Å². The van der Waals surface area contributed by atoms with Crippen molar-refractivity contribution in [3.05, 3.63) is 88.5 Å². The second kappa shape index (κ2) is 9.02. The number of esters is 1. The molecule has 0 radical (unpaired) electrons. The van der Waals surface area contributed by atoms with Crippen LogP contribution in [0.5, 0.6) is 0 Å². The minimum Gasteiger partial charge on any atom is -0.465 e. The molecule has 3 atom stereocenters. The van der Waals surface area contributed by atoms with Gasteiger partial charge in [0.05, 0.1) is 23.6 Å². The molecule has 2 heterocycles. The van der Waals surface area contributed by atoms with E-state index in [1.165, 1.54) is 7.11 Å². The molecule has 0 aromatic heterocycles. The Bertz CT molecular complexity index is 1390. The van der Waals surface area contributed by atoms with Crippen LogP contribution in [-0.2, 0) is 14.8 Å². The quantitative estimate of drug-likeness (QED) is 0.448. The second-order valence-electron chi connectivity index (χ2n) is 9.27. The molecule has 3 aromatic rings. The normalized spacial score (nSPS) is 20.9. The number of benzene rings is 3. The Morgan fingerprint density at radius 3 is 2.46 bits per heavy atom. The smallest absolute Gasteiger partial charge is 0.337 e. The Hall–Kier alpha value is -3.36. The fourth-order valence-electron chi connectivity index (χ4n) is 5.09. The van der Waals surface area contributed by atoms with E-state index in [-0.39, 0.29) is 28.9 Å². The van der Waals surface area contributed by atoms with Crippen LogP contribution < -0.4 is 15.4 Å². The van der Waals surface area contributed by atoms with Crippen LogP contribution in [0.2, 0.25) is 0 Å². The van der Waals surface area contributed by atoms with E-state index in [1.807, 2.05) is 44.2 Å². The van der Waals surface area contributed by atoms with Gasteiger partial charge >= 0.3 is 5.97 Å². The zero-order valence-corrected chi connectivity index (χ0v) is 20.8. The molecular formula is C27H29N3O4S. The average molecular weight is 492 g/mol. The molecule has 35 heavy (non-hydrogen) atoms. The number of methoxy groups -OCH3 is 1. The number of aryl methyl sites for hydroxylation is 2. The minimum atomic E-state index is -3.74. The van der Waals surface area contributed by atoms with Crippen molar-refractivity contribution in [3.8, 4) is 0 Å². The predicted octanol–water partition coefficient (Wildman–Crippen LogP) is 4.71. The number of hydrogen-bond donors (Lipinski definition) is 3. The van der Waals surface area contributed by atoms with Crippen molar-refractivity contribution in [3.63, 3.8) is 0 Å². The fourth-order valence-corrected chi connectivity index (χ4v) is 6.17. The number of carbonyl (C=O) groups is 1. The topological polar surface area (TPSA) is 96.5 Å². The average Bonchev–Trinajstić information content (AvgIpc) is 3.35. The first kappa shape index (κ1) is 23.4. The number of sulfonamides is 1. The number of anilines is 2. The van der Waals surface area contributed by atoms with Gasteiger partial charge in [0.2, 0.25) is 0 Å². The van der Waals surface area contributed by atoms with E-state index < -0.39 is 10.0 Å². The zero-order chi connectivity index (χ0) is 24.7. The first-order chi connectivity index (χ1) is 16.8. The molecular weight excluding hydrogens is 462 g/mol. The maximum absolute atomic E-state index is 13.2. The Balaban J connectivity index is 1.44. The lowest BCUT2D eigenvalue weighted by Crippen LogP contribution is -2.32. The van der Waals surface area contributed by atoms with E-state index in [1.54, 1.807) is 30.3 Å². The lowest BCUT2D eigenvalue weighted by molar-refractivity contribution is 0.0600. The van der Waals surface area contributed by atoms with Gasteiger partial charge in [-0.2, -0.15) is 0 Å². The Morgan fingerprint density at radius 2 is 1.74 bits per heavy atom. The van der Waals surface area contributed by atoms with E-state index in [0.29, 0.717) is 11.3 Å². The van der Waals surface area contributed by atoms with Gasteiger partial charge in [0, 0.05) is 23.3 Å². The first-order valence-corrected chi connectivity index (χ1v) is 13.2. The van der Waals surface area contributed by atoms with Gasteiger partial charge in [0.1, 0.15) is 0 Å². The number of nitrogens with one attached hydrogen (secondary N) is 3. The van der Waals surface area contributed by atoms with Gasteiger partial charge in [0.25, 0.3) is 10.0 Å². The highest BCUT2D eigenvalue weighted by Crippen LogP contribution is 2.47. The highest BCUT2D eigenvalue weighted by Gasteiger charge is 2.40. The summed E-state index contributed by atoms with van der Waals surface area (Å²) < 4.78 is 33.9. The molecule has 182 valence electrons. The summed E-state index contributed by atoms with van der Waals surface area (Å²) in [6.07, 6.45) is 0.957. The van der Waals surface area contributed by atoms with Gasteiger partial charge in [0.15, 0.2) is 0 Å². The lowest BCUT2D eigenvalue weighted by Gasteiger charge is -2.37. The van der Waals surface area contributed by atoms with Crippen LogP contribution in [-0.4, -0.2) is 28.0 Å². The highest BCUT2D eigenvalue weighted by atomic mass is 32.2. The number of carbonyl (C=O) groups excluding carboxylic acids is 1. The van der Waals surface area contributed by atoms with Gasteiger partial charge in [-0.3, -0.25) is 4.72 Å². The molecule has 8 heteroatoms. The van der Waals surface area contributed by atoms with Crippen molar-refractivity contribution in [1.82, 2.24) is 5.32 Å². The number of rotatable bonds is 5. The van der Waals surface area contributed by atoms with Crippen LogP contribution in [0.3, 0.4) is 0 Å². The largest absolute Gasteiger partial charge is 0.465 e. The van der Waals surface area contributed by atoms with Crippen LogP contribution in [0.25, 0.3) is 0 Å². The fraction of sp³-hybridized carbons (Fsp3) is 0.296. The first-order valence-electron chi connectivity index (χ1n) is 11.7. The minimum absolute atomic E-state index is 0.0355. The summed E-state index contributed by atoms with van der Waals surface area (Å²) >= 11 is 0. The maximum atomic E-state index is 13.2. The zero-order valence-electron chi connectivity index (χ0n) is 20.0. The van der Waals surface area contributed by atoms with Crippen molar-refractivity contribution < 1.29 is 17.9 Å². The monoisotopic (exact) mass is 491 g/mol. The molecule has 0 amide bonds. The molecule has 2 aliphatic rings. The van der Waals surface area contributed by atoms with Crippen LogP contribution in [0, 0.1) is 19.8 Å². The van der Waals surface area contributed by atoms with Gasteiger partial charge in [-0.25, -0.2) is 13.2 Å². The van der Waals surface area contributed by atoms with Crippen molar-refractivity contribution in [2.75, 3.05) is 23.7 Å². The van der Waals surface area contributed by atoms with E-state index in [4.69, 9.17) is 4.74 Å². The maximum Gasteiger partial charge on any atom is 0.337 e. The molecule has 0 spiro atoms. The van der Waals surface area contributed by atoms with E-state index in [0.717, 1.165) is 40.9 Å². The molecule has 2 aliphatic heterocycles. The summed E-state index contributed by atoms with van der Waals surface area (Å²) in [7, 11) is -2.36. The Morgan fingerprint density at radius 1 is 0.971 bits per heavy atom. The molecule has 3 N–H and O–H groups in total. The van der Waals surface area contributed by atoms with Gasteiger partial charge in [-0.05, 0) is 91.5 Å². The summed E-state index contributed by atoms with van der Waals surface area (Å²) in [4.78, 5) is 12.0. The Kier molecular flexibility index (Phi) is 6.02. The van der Waals surface area contributed by atoms with Crippen LogP contribution in [0.1, 0.15) is 51.1 Å². The van der Waals surface area contributed by atoms with E-state index in [2.05, 4.69) is 15.4 Å². The van der Waals surface area contributed by atoms with Gasteiger partial charge in [-0.15, -0.1) is 0 Å². The van der Waals surface area contributed by atoms with Crippen LogP contribution >= 0.6 is 0 Å². The molecule has 0 bridgehead atoms. The van der Waals surface area contributed by atoms with Crippen LogP contribution in [0.15, 0.2) is 65.6 Å². The van der Waals surface area contributed by atoms with Crippen LogP contribution in [0.4, 0.5) is 11.4 Å². The third kappa shape index (κ3) is 4.39. The Labute approximate surface area is 206 Å². The highest BCUT2D eigenvalue weighted by molar-refractivity contribution is 7.92. The summed E-state index contributed by atoms with van der Waals surface area (Å²) in [5.74, 6) is -0.112. The summed E-state index contributed by atoms with van der Waals surface area (Å²) in [6.45, 7) is 4.81. The molecule has 5 rings (SSSR count). The van der Waals surface area contributed by atoms with E-state index >= 15 is 0 Å². The third-order valence-corrected chi connectivity index (χ3v) is 8.51. The number of ether oxygens (including phenoxy) is 1. The SMILES string of the molecule is COC(=O)c1ccc(C2Nc3ccc(S(=O)(=O)Nc4ccc(C)c(C)c4)cc3[C@H]3NCC[C@@H]23)cc1. The number of fused-ring (bicyclic) bond motifs is 3. The molecule has 7 nitrogen and oxygen atoms in total. The third-order valence-electron chi connectivity index (χ3n) is 7.13. The molecule has 0 saturated carbocycles. The summed E-state index contributed by atoms with van der Waals surface area (Å²) in [5.41, 5.74) is 6.15. The van der Waals surface area contributed by atoms with Crippen molar-refractivity contribution in [2.45, 2.75) is 37.2 Å².